The molecule has 0 aliphatic carbocycles. The summed E-state index contributed by atoms with van der Waals surface area (Å²) >= 11 is 0. The number of nitrogens with zero attached hydrogens (tertiary/aromatic N) is 4. The van der Waals surface area contributed by atoms with Gasteiger partial charge in [0.05, 0.1) is 12.7 Å². The third-order valence-electron chi connectivity index (χ3n) is 2.72. The predicted octanol–water partition coefficient (Wildman–Crippen LogP) is 0.806. The van der Waals surface area contributed by atoms with Crippen molar-refractivity contribution in [3.8, 4) is 0 Å². The first-order chi connectivity index (χ1) is 9.45. The van der Waals surface area contributed by atoms with E-state index in [-0.39, 0.29) is 17.8 Å². The molecule has 1 rings (SSSR count). The SMILES string of the molecule is CCCN(C(=O)NCCn1cc(C(=O)O)nn1)C(C)C. The van der Waals surface area contributed by atoms with Gasteiger partial charge in [-0.25, -0.2) is 14.3 Å². The molecule has 0 saturated carbocycles. The number of hydrogen-bond donors (Lipinski definition) is 2. The van der Waals surface area contributed by atoms with Crippen molar-refractivity contribution in [3.05, 3.63) is 11.9 Å². The van der Waals surface area contributed by atoms with Gasteiger partial charge in [0, 0.05) is 19.1 Å². The average Bonchev–Trinajstić information content (AvgIpc) is 2.84. The topological polar surface area (TPSA) is 100 Å². The second-order valence-corrected chi connectivity index (χ2v) is 4.69. The van der Waals surface area contributed by atoms with Crippen molar-refractivity contribution >= 4 is 12.0 Å². The lowest BCUT2D eigenvalue weighted by Gasteiger charge is -2.26. The van der Waals surface area contributed by atoms with Crippen LogP contribution in [0.3, 0.4) is 0 Å². The second kappa shape index (κ2) is 7.46. The molecule has 0 aliphatic heterocycles. The Morgan fingerprint density at radius 3 is 2.70 bits per heavy atom. The van der Waals surface area contributed by atoms with Crippen molar-refractivity contribution in [2.45, 2.75) is 39.8 Å². The minimum atomic E-state index is -1.12. The third-order valence-corrected chi connectivity index (χ3v) is 2.72. The number of carbonyl (C=O) groups is 2. The Labute approximate surface area is 117 Å². The summed E-state index contributed by atoms with van der Waals surface area (Å²) in [5, 5.41) is 18.7. The van der Waals surface area contributed by atoms with E-state index in [1.807, 2.05) is 20.8 Å². The number of rotatable bonds is 7. The molecule has 0 fully saturated rings. The number of carbonyl (C=O) groups excluding carboxylic acids is 1. The van der Waals surface area contributed by atoms with Gasteiger partial charge >= 0.3 is 12.0 Å². The molecule has 0 spiro atoms. The van der Waals surface area contributed by atoms with Crippen molar-refractivity contribution < 1.29 is 14.7 Å². The fraction of sp³-hybridized carbons (Fsp3) is 0.667. The second-order valence-electron chi connectivity index (χ2n) is 4.69. The van der Waals surface area contributed by atoms with Crippen molar-refractivity contribution in [2.24, 2.45) is 0 Å². The Kier molecular flexibility index (Phi) is 5.95. The Morgan fingerprint density at radius 1 is 1.50 bits per heavy atom. The van der Waals surface area contributed by atoms with E-state index in [4.69, 9.17) is 5.11 Å². The highest BCUT2D eigenvalue weighted by molar-refractivity contribution is 5.84. The molecule has 2 N–H and O–H groups in total. The van der Waals surface area contributed by atoms with E-state index < -0.39 is 5.97 Å². The highest BCUT2D eigenvalue weighted by atomic mass is 16.4. The normalized spacial score (nSPS) is 10.6. The summed E-state index contributed by atoms with van der Waals surface area (Å²) in [4.78, 5) is 24.3. The summed E-state index contributed by atoms with van der Waals surface area (Å²) in [5.74, 6) is -1.12. The molecule has 1 aromatic rings. The van der Waals surface area contributed by atoms with Gasteiger partial charge in [-0.15, -0.1) is 5.10 Å². The quantitative estimate of drug-likeness (QED) is 0.771. The predicted molar refractivity (Wildman–Crippen MR) is 72.5 cm³/mol. The van der Waals surface area contributed by atoms with E-state index in [0.29, 0.717) is 19.6 Å². The highest BCUT2D eigenvalue weighted by Gasteiger charge is 2.15. The Bertz CT molecular complexity index is 458. The van der Waals surface area contributed by atoms with Crippen LogP contribution in [0, 0.1) is 0 Å². The maximum atomic E-state index is 12.0. The molecular formula is C12H21N5O3. The monoisotopic (exact) mass is 283 g/mol. The minimum absolute atomic E-state index is 0.105. The van der Waals surface area contributed by atoms with Gasteiger partial charge < -0.3 is 15.3 Å². The van der Waals surface area contributed by atoms with E-state index in [0.717, 1.165) is 6.42 Å². The molecule has 8 heteroatoms. The van der Waals surface area contributed by atoms with Gasteiger partial charge in [-0.3, -0.25) is 0 Å². The van der Waals surface area contributed by atoms with E-state index in [2.05, 4.69) is 15.6 Å². The first-order valence-corrected chi connectivity index (χ1v) is 6.63. The minimum Gasteiger partial charge on any atom is -0.476 e. The van der Waals surface area contributed by atoms with Crippen molar-refractivity contribution in [3.63, 3.8) is 0 Å². The lowest BCUT2D eigenvalue weighted by Crippen LogP contribution is -2.45. The maximum absolute atomic E-state index is 12.0. The first-order valence-electron chi connectivity index (χ1n) is 6.63. The molecule has 2 amide bonds. The summed E-state index contributed by atoms with van der Waals surface area (Å²) < 4.78 is 1.39. The van der Waals surface area contributed by atoms with Gasteiger partial charge in [0.25, 0.3) is 0 Å². The first kappa shape index (κ1) is 15.9. The summed E-state index contributed by atoms with van der Waals surface area (Å²) in [6.07, 6.45) is 2.23. The van der Waals surface area contributed by atoms with Crippen LogP contribution in [0.15, 0.2) is 6.20 Å². The molecule has 1 aromatic heterocycles. The van der Waals surface area contributed by atoms with Gasteiger partial charge in [0.1, 0.15) is 0 Å². The van der Waals surface area contributed by atoms with E-state index in [9.17, 15) is 9.59 Å². The smallest absolute Gasteiger partial charge is 0.358 e. The summed E-state index contributed by atoms with van der Waals surface area (Å²) in [5.41, 5.74) is -0.105. The molecule has 8 nitrogen and oxygen atoms in total. The van der Waals surface area contributed by atoms with E-state index >= 15 is 0 Å². The van der Waals surface area contributed by atoms with E-state index in [1.165, 1.54) is 10.9 Å². The summed E-state index contributed by atoms with van der Waals surface area (Å²) in [7, 11) is 0. The van der Waals surface area contributed by atoms with Crippen molar-refractivity contribution in [1.29, 1.82) is 0 Å². The fourth-order valence-corrected chi connectivity index (χ4v) is 1.72. The molecule has 0 aliphatic rings. The molecular weight excluding hydrogens is 262 g/mol. The highest BCUT2D eigenvalue weighted by Crippen LogP contribution is 2.00. The summed E-state index contributed by atoms with van der Waals surface area (Å²) in [6, 6.07) is 0.0142. The number of urea groups is 1. The summed E-state index contributed by atoms with van der Waals surface area (Å²) in [6.45, 7) is 7.40. The fourth-order valence-electron chi connectivity index (χ4n) is 1.72. The van der Waals surface area contributed by atoms with Crippen LogP contribution in [0.4, 0.5) is 4.79 Å². The molecule has 0 aromatic carbocycles. The van der Waals surface area contributed by atoms with Gasteiger partial charge in [-0.1, -0.05) is 12.1 Å². The number of carboxylic acid groups (broad SMARTS) is 1. The van der Waals surface area contributed by atoms with Crippen LogP contribution in [0.1, 0.15) is 37.7 Å². The largest absolute Gasteiger partial charge is 0.476 e. The van der Waals surface area contributed by atoms with Gasteiger partial charge in [0.15, 0.2) is 5.69 Å². The van der Waals surface area contributed by atoms with Gasteiger partial charge in [0.2, 0.25) is 0 Å². The van der Waals surface area contributed by atoms with Crippen LogP contribution in [0.2, 0.25) is 0 Å². The molecule has 112 valence electrons. The molecule has 0 atom stereocenters. The van der Waals surface area contributed by atoms with Crippen molar-refractivity contribution in [1.82, 2.24) is 25.2 Å². The zero-order valence-electron chi connectivity index (χ0n) is 12.0. The number of aromatic carboxylic acids is 1. The third kappa shape index (κ3) is 4.52. The lowest BCUT2D eigenvalue weighted by atomic mass is 10.3. The number of nitrogens with one attached hydrogen (secondary N) is 1. The lowest BCUT2D eigenvalue weighted by molar-refractivity contribution is 0.0690. The Hall–Kier alpha value is -2.12. The zero-order chi connectivity index (χ0) is 15.1. The van der Waals surface area contributed by atoms with Crippen LogP contribution in [0.5, 0.6) is 0 Å². The molecule has 20 heavy (non-hydrogen) atoms. The molecule has 0 bridgehead atoms. The van der Waals surface area contributed by atoms with Crippen LogP contribution in [0.25, 0.3) is 0 Å². The number of amides is 2. The number of hydrogen-bond acceptors (Lipinski definition) is 4. The van der Waals surface area contributed by atoms with Gasteiger partial charge in [-0.05, 0) is 20.3 Å². The molecule has 0 radical (unpaired) electrons. The standard InChI is InChI=1S/C12H21N5O3/c1-4-6-17(9(2)3)12(20)13-5-7-16-8-10(11(18)19)14-15-16/h8-9H,4-7H2,1-3H3,(H,13,20)(H,18,19). The van der Waals surface area contributed by atoms with E-state index in [1.54, 1.807) is 4.90 Å². The van der Waals surface area contributed by atoms with Crippen LogP contribution in [-0.2, 0) is 6.54 Å². The van der Waals surface area contributed by atoms with Crippen LogP contribution in [-0.4, -0.2) is 56.1 Å². The number of aromatic nitrogens is 3. The Morgan fingerprint density at radius 2 is 2.20 bits per heavy atom. The molecule has 0 unspecified atom stereocenters. The Balaban J connectivity index is 2.42. The van der Waals surface area contributed by atoms with Crippen LogP contribution < -0.4 is 5.32 Å². The molecule has 1 heterocycles. The van der Waals surface area contributed by atoms with Gasteiger partial charge in [-0.2, -0.15) is 0 Å². The number of carboxylic acids is 1. The zero-order valence-corrected chi connectivity index (χ0v) is 12.0. The van der Waals surface area contributed by atoms with Crippen molar-refractivity contribution in [2.75, 3.05) is 13.1 Å². The average molecular weight is 283 g/mol. The molecule has 0 saturated heterocycles. The van der Waals surface area contributed by atoms with Crippen LogP contribution >= 0.6 is 0 Å². The maximum Gasteiger partial charge on any atom is 0.358 e.